The van der Waals surface area contributed by atoms with Crippen molar-refractivity contribution >= 4 is 80.6 Å². The Bertz CT molecular complexity index is 5080. The summed E-state index contributed by atoms with van der Waals surface area (Å²) in [5.41, 5.74) is 11.4. The molecule has 9 heterocycles. The zero-order valence-electron chi connectivity index (χ0n) is 77.4. The Kier molecular flexibility index (Phi) is 35.8. The van der Waals surface area contributed by atoms with Crippen LogP contribution in [-0.4, -0.2) is 283 Å². The fourth-order valence-electron chi connectivity index (χ4n) is 18.2. The maximum atomic E-state index is 14.6. The number of anilines is 3. The molecule has 2 aromatic carbocycles. The maximum Gasteiger partial charge on any atom is 0.407 e. The van der Waals surface area contributed by atoms with Gasteiger partial charge in [0.25, 0.3) is 23.5 Å². The maximum absolute atomic E-state index is 14.6. The summed E-state index contributed by atoms with van der Waals surface area (Å²) in [5.74, 6) is -6.87. The predicted molar refractivity (Wildman–Crippen MR) is 492 cm³/mol. The van der Waals surface area contributed by atoms with E-state index in [-0.39, 0.29) is 135 Å². The number of rotatable bonds is 23. The number of cyclic esters (lactones) is 1. The third-order valence-corrected chi connectivity index (χ3v) is 28.2. The van der Waals surface area contributed by atoms with Crippen molar-refractivity contribution in [3.8, 4) is 16.9 Å². The van der Waals surface area contributed by atoms with Gasteiger partial charge in [-0.25, -0.2) is 42.9 Å². The first-order valence-electron chi connectivity index (χ1n) is 46.3. The minimum Gasteiger partial charge on any atom is -0.491 e. The summed E-state index contributed by atoms with van der Waals surface area (Å²) in [6, 6.07) is 12.6. The second-order valence-corrected chi connectivity index (χ2v) is 38.2. The molecule has 1 aliphatic carbocycles. The van der Waals surface area contributed by atoms with Crippen LogP contribution in [0.2, 0.25) is 0 Å². The molecule has 5 aromatic rings. The number of carbonyl (C=O) groups excluding carboxylic acids is 9. The summed E-state index contributed by atoms with van der Waals surface area (Å²) >= 11 is 0. The number of sulfone groups is 1. The normalized spacial score (nSPS) is 26.4. The molecule has 35 heteroatoms. The van der Waals surface area contributed by atoms with Gasteiger partial charge < -0.3 is 84.2 Å². The Morgan fingerprint density at radius 3 is 2.13 bits per heavy atom. The van der Waals surface area contributed by atoms with Gasteiger partial charge in [-0.2, -0.15) is 0 Å². The van der Waals surface area contributed by atoms with E-state index in [9.17, 15) is 61.8 Å². The number of nitrogens with zero attached hydrogens (tertiary/aromatic N) is 11. The number of hydrogen-bond donors (Lipinski definition) is 5. The van der Waals surface area contributed by atoms with Crippen molar-refractivity contribution in [3.05, 3.63) is 155 Å². The number of esters is 1. The topological polar surface area (TPSA) is 427 Å². The van der Waals surface area contributed by atoms with Crippen molar-refractivity contribution in [3.63, 3.8) is 0 Å². The Morgan fingerprint density at radius 2 is 1.42 bits per heavy atom. The van der Waals surface area contributed by atoms with Crippen molar-refractivity contribution in [1.82, 2.24) is 55.2 Å². The summed E-state index contributed by atoms with van der Waals surface area (Å²) < 4.78 is 69.3. The molecule has 7 aliphatic rings. The molecule has 13 atom stereocenters. The highest BCUT2D eigenvalue weighted by atomic mass is 32.2. The van der Waals surface area contributed by atoms with Crippen LogP contribution in [0.3, 0.4) is 0 Å². The predicted octanol–water partition coefficient (Wildman–Crippen LogP) is 8.89. The lowest BCUT2D eigenvalue weighted by atomic mass is 9.81. The van der Waals surface area contributed by atoms with Gasteiger partial charge in [0.05, 0.1) is 66.8 Å². The highest BCUT2D eigenvalue weighted by Gasteiger charge is 2.53. The number of fused-ring (bicyclic) bond motifs is 4. The van der Waals surface area contributed by atoms with Crippen LogP contribution in [-0.2, 0) is 80.1 Å². The van der Waals surface area contributed by atoms with E-state index in [1.165, 1.54) is 35.5 Å². The number of alkyl carbamates (subject to hydrolysis) is 1. The molecule has 5 amide bonds. The first kappa shape index (κ1) is 100. The summed E-state index contributed by atoms with van der Waals surface area (Å²) in [7, 11) is -0.744. The van der Waals surface area contributed by atoms with E-state index in [4.69, 9.17) is 38.9 Å². The Hall–Kier alpha value is -10.8. The number of aromatic nitrogens is 5. The molecule has 3 aromatic heterocycles. The number of amides is 5. The molecule has 0 radical (unpaired) electrons. The molecule has 5 fully saturated rings. The zero-order valence-corrected chi connectivity index (χ0v) is 78.2. The van der Waals surface area contributed by atoms with E-state index < -0.39 is 99.8 Å². The number of carbonyl (C=O) groups is 9. The number of benzene rings is 2. The molecule has 6 N–H and O–H groups in total. The monoisotopic (exact) mass is 1840 g/mol. The van der Waals surface area contributed by atoms with Gasteiger partial charge in [-0.15, -0.1) is 0 Å². The van der Waals surface area contributed by atoms with Crippen LogP contribution in [0.1, 0.15) is 175 Å². The number of ether oxygens (including phenoxy) is 7. The second kappa shape index (κ2) is 47.2. The van der Waals surface area contributed by atoms with E-state index in [1.54, 1.807) is 77.5 Å². The smallest absolute Gasteiger partial charge is 0.407 e. The summed E-state index contributed by atoms with van der Waals surface area (Å²) in [5, 5.41) is 28.9. The number of aliphatic hydroxyl groups excluding tert-OH is 1. The largest absolute Gasteiger partial charge is 0.491 e. The molecule has 34 nitrogen and oxygen atoms in total. The van der Waals surface area contributed by atoms with Gasteiger partial charge in [-0.1, -0.05) is 70.2 Å². The highest BCUT2D eigenvalue weighted by molar-refractivity contribution is 7.91. The van der Waals surface area contributed by atoms with Crippen molar-refractivity contribution in [1.29, 1.82) is 0 Å². The molecule has 12 rings (SSSR count). The Balaban J connectivity index is 0.537. The minimum absolute atomic E-state index is 0.0113. The number of hydrogen-bond acceptors (Lipinski definition) is 29. The first-order valence-corrected chi connectivity index (χ1v) is 48.0. The summed E-state index contributed by atoms with van der Waals surface area (Å²) in [6.45, 7) is 19.4. The third kappa shape index (κ3) is 27.0. The number of ketones is 3. The SMILES string of the molecule is CO[C@H]1CC2CC[C@@H](C)[C@@](O)(O2)C(=O)C(=O)N2CCCC[C@H]2C(=O)O[C@H](CC[C@@H]2CC[C@@H](OC(=O)NCc3cnc(N4CCN(C(=O)CCOCCN5CCN(c6ncc(C(=O)NCCS(=O)(=O)c7ccc(C(=O)N8CCOc9ccc(-c%10ccc(N)nc%10)cc9C8)c(C)c7)cn6)CC5)CC4)nc3)[C@H](OC)C2)CC(=O)[C@H](C)/C=C(\C)[C@@H](O)CC(=O)[C@H](C)C[C@H](C)/C=C/C=CC=C1C. The molecule has 6 aliphatic heterocycles. The molecule has 1 saturated carbocycles. The molecule has 1 unspecified atom stereocenters. The molecule has 2 bridgehead atoms. The van der Waals surface area contributed by atoms with Crippen LogP contribution in [0.25, 0.3) is 11.1 Å². The standard InChI is InChI=1S/C97H130N14O20S/c1-62-15-11-10-12-16-63(2)85(125-8)53-76-23-18-68(7)97(122,131-76)89(116)92(119)111-32-14-13-17-79(111)93(120)129-75(52-80(112)66(5)48-67(6)82(114)54-81(113)65(4)47-62)24-19-69-20-27-84(86(50-69)126-9)130-96(121)105-57-70-55-101-94(102-56-70)109-39-37-107(38-40-109)88(115)30-43-127-44-41-106-33-35-108(36-34-106)95-103-59-74(60-104-95)90(117)99-31-46-132(123,124)77-25-26-78(64(3)49-77)91(118)110-42-45-128-83-28-21-71(51-73(83)61-110)72-22-29-87(98)100-58-72/h10-12,15-16,21-22,25-26,28-29,48-49,51,55-56,58-60,62,65-66,68-69,75-76,79,82,84-86,114,122H,13-14,17-20,23-24,27,30-47,50,52-54,57,61H2,1-9H3,(H2,98,100)(H,99,117)(H,105,121)/b12-10?,15-11+,63-16?,67-48+/t62-,65-,66-,68-,69-,75-,76?,79+,82+,84-,85+,86-,97-/m1/s1. The lowest BCUT2D eigenvalue weighted by Crippen LogP contribution is -2.60. The average Bonchev–Trinajstić information content (AvgIpc) is 0.874. The van der Waals surface area contributed by atoms with Crippen LogP contribution in [0.5, 0.6) is 5.75 Å². The number of methoxy groups -OCH3 is 2. The van der Waals surface area contributed by atoms with Gasteiger partial charge in [-0.3, -0.25) is 38.5 Å². The second-order valence-electron chi connectivity index (χ2n) is 36.1. The van der Waals surface area contributed by atoms with E-state index in [0.29, 0.717) is 176 Å². The fraction of sp³-hybridized carbons (Fsp3) is 0.567. The lowest BCUT2D eigenvalue weighted by Gasteiger charge is -2.42. The van der Waals surface area contributed by atoms with Crippen LogP contribution in [0.15, 0.2) is 132 Å². The van der Waals surface area contributed by atoms with Crippen LogP contribution in [0.4, 0.5) is 22.5 Å². The van der Waals surface area contributed by atoms with Gasteiger partial charge in [0.2, 0.25) is 23.6 Å². The molecular weight excluding hydrogens is 1710 g/mol. The van der Waals surface area contributed by atoms with Crippen LogP contribution in [0, 0.1) is 36.5 Å². The Morgan fingerprint density at radius 1 is 0.689 bits per heavy atom. The minimum atomic E-state index is -3.86. The van der Waals surface area contributed by atoms with E-state index in [1.807, 2.05) is 90.1 Å². The van der Waals surface area contributed by atoms with Gasteiger partial charge in [0.1, 0.15) is 48.0 Å². The van der Waals surface area contributed by atoms with Crippen molar-refractivity contribution in [2.24, 2.45) is 29.6 Å². The number of nitrogen functional groups attached to an aromatic ring is 1. The number of piperidine rings is 1. The number of piperazine rings is 2. The van der Waals surface area contributed by atoms with Gasteiger partial charge in [0, 0.05) is 190 Å². The van der Waals surface area contributed by atoms with Crippen molar-refractivity contribution in [2.45, 2.75) is 211 Å². The van der Waals surface area contributed by atoms with Gasteiger partial charge in [-0.05, 0) is 168 Å². The summed E-state index contributed by atoms with van der Waals surface area (Å²) in [4.78, 5) is 158. The molecule has 132 heavy (non-hydrogen) atoms. The van der Waals surface area contributed by atoms with E-state index in [2.05, 4.69) is 40.5 Å². The lowest BCUT2D eigenvalue weighted by molar-refractivity contribution is -0.265. The highest BCUT2D eigenvalue weighted by Crippen LogP contribution is 2.39. The number of aliphatic hydroxyl groups is 2. The summed E-state index contributed by atoms with van der Waals surface area (Å²) in [6.07, 6.45) is 19.1. The Labute approximate surface area is 773 Å². The van der Waals surface area contributed by atoms with Crippen molar-refractivity contribution < 1.29 is 94.9 Å². The number of nitrogens with one attached hydrogen (secondary N) is 2. The van der Waals surface area contributed by atoms with Gasteiger partial charge in [0.15, 0.2) is 9.84 Å². The number of aryl methyl sites for hydroxylation is 1. The molecular formula is C97H130N14O20S. The number of Topliss-reactive ketones (excluding diaryl/α,β-unsaturated/α-hetero) is 3. The van der Waals surface area contributed by atoms with Crippen molar-refractivity contribution in [2.75, 3.05) is 134 Å². The van der Waals surface area contributed by atoms with Crippen LogP contribution >= 0.6 is 0 Å². The van der Waals surface area contributed by atoms with Crippen LogP contribution < -0.4 is 30.9 Å². The molecule has 4 saturated heterocycles. The quantitative estimate of drug-likeness (QED) is 0.0176. The molecule has 714 valence electrons. The number of nitrogens with two attached hydrogens (primary N) is 1. The third-order valence-electron chi connectivity index (χ3n) is 26.5. The van der Waals surface area contributed by atoms with Gasteiger partial charge >= 0.3 is 12.1 Å². The zero-order chi connectivity index (χ0) is 94.3. The number of allylic oxidation sites excluding steroid dienone is 6. The van der Waals surface area contributed by atoms with E-state index in [0.717, 1.165) is 22.3 Å². The number of pyridine rings is 1. The fourth-order valence-corrected chi connectivity index (χ4v) is 19.4. The molecule has 0 spiro atoms. The first-order chi connectivity index (χ1) is 63.3. The van der Waals surface area contributed by atoms with E-state index >= 15 is 0 Å². The average molecular weight is 1840 g/mol.